The van der Waals surface area contributed by atoms with Gasteiger partial charge in [0.05, 0.1) is 11.3 Å². The zero-order chi connectivity index (χ0) is 27.8. The molecule has 0 amide bonds. The van der Waals surface area contributed by atoms with Crippen molar-refractivity contribution in [3.8, 4) is 6.19 Å². The Morgan fingerprint density at radius 2 is 1.73 bits per heavy atom. The van der Waals surface area contributed by atoms with E-state index >= 15 is 0 Å². The van der Waals surface area contributed by atoms with E-state index in [4.69, 9.17) is 15.7 Å². The molecule has 0 bridgehead atoms. The van der Waals surface area contributed by atoms with E-state index in [1.165, 1.54) is 18.4 Å². The van der Waals surface area contributed by atoms with Gasteiger partial charge in [-0.15, -0.1) is 0 Å². The molecule has 0 aliphatic carbocycles. The largest absolute Gasteiger partial charge is 0.383 e. The summed E-state index contributed by atoms with van der Waals surface area (Å²) in [6, 6.07) is 22.9. The molecule has 4 aliphatic heterocycles. The first-order chi connectivity index (χ1) is 20.1. The Morgan fingerprint density at radius 1 is 0.951 bits per heavy atom. The fourth-order valence-corrected chi connectivity index (χ4v) is 6.66. The third-order valence-electron chi connectivity index (χ3n) is 9.03. The molecule has 41 heavy (non-hydrogen) atoms. The van der Waals surface area contributed by atoms with Gasteiger partial charge in [-0.25, -0.2) is 9.98 Å². The summed E-state index contributed by atoms with van der Waals surface area (Å²) in [6.07, 6.45) is 10.5. The van der Waals surface area contributed by atoms with Crippen molar-refractivity contribution in [1.82, 2.24) is 14.8 Å². The number of piperidine rings is 1. The summed E-state index contributed by atoms with van der Waals surface area (Å²) in [5.74, 6) is 2.17. The average molecular weight is 543 g/mol. The number of amidine groups is 2. The predicted molar refractivity (Wildman–Crippen MR) is 163 cm³/mol. The van der Waals surface area contributed by atoms with Gasteiger partial charge in [-0.2, -0.15) is 5.26 Å². The Kier molecular flexibility index (Phi) is 6.52. The van der Waals surface area contributed by atoms with E-state index in [0.717, 1.165) is 79.7 Å². The lowest BCUT2D eigenvalue weighted by atomic mass is 9.78. The summed E-state index contributed by atoms with van der Waals surface area (Å²) in [7, 11) is 0. The number of pyridine rings is 1. The number of nitrogens with two attached hydrogens (primary N) is 1. The Hall–Kier alpha value is -4.48. The number of hydrogen-bond acceptors (Lipinski definition) is 8. The molecule has 1 unspecified atom stereocenters. The average Bonchev–Trinajstić information content (AvgIpc) is 3.60. The molecule has 2 aromatic carbocycles. The maximum absolute atomic E-state index is 9.29. The fourth-order valence-electron chi connectivity index (χ4n) is 6.66. The van der Waals surface area contributed by atoms with Crippen LogP contribution in [-0.4, -0.2) is 58.7 Å². The molecule has 8 heteroatoms. The summed E-state index contributed by atoms with van der Waals surface area (Å²) in [4.78, 5) is 21.2. The first-order valence-electron chi connectivity index (χ1n) is 14.5. The van der Waals surface area contributed by atoms with Crippen LogP contribution in [0.25, 0.3) is 5.70 Å². The van der Waals surface area contributed by atoms with Crippen molar-refractivity contribution in [3.05, 3.63) is 95.7 Å². The van der Waals surface area contributed by atoms with Gasteiger partial charge in [-0.05, 0) is 79.6 Å². The zero-order valence-electron chi connectivity index (χ0n) is 23.2. The molecule has 206 valence electrons. The molecule has 0 radical (unpaired) electrons. The first-order valence-corrected chi connectivity index (χ1v) is 14.5. The molecule has 5 heterocycles. The molecule has 1 atom stereocenters. The Balaban J connectivity index is 1.13. The molecule has 1 spiro atoms. The van der Waals surface area contributed by atoms with Gasteiger partial charge in [0.25, 0.3) is 0 Å². The van der Waals surface area contributed by atoms with Crippen molar-refractivity contribution in [3.63, 3.8) is 0 Å². The van der Waals surface area contributed by atoms with Gasteiger partial charge in [0.15, 0.2) is 6.19 Å². The van der Waals surface area contributed by atoms with Crippen LogP contribution in [0, 0.1) is 16.9 Å². The van der Waals surface area contributed by atoms with Gasteiger partial charge in [0.2, 0.25) is 0 Å². The molecule has 1 aromatic heterocycles. The molecule has 0 saturated carbocycles. The van der Waals surface area contributed by atoms with Crippen LogP contribution in [0.2, 0.25) is 0 Å². The van der Waals surface area contributed by atoms with Crippen LogP contribution in [0.5, 0.6) is 0 Å². The van der Waals surface area contributed by atoms with Crippen molar-refractivity contribution in [1.29, 1.82) is 5.26 Å². The monoisotopic (exact) mass is 542 g/mol. The number of anilines is 2. The SMILES string of the molecule is N#CN1CCC2(CCN(Cc3ccc(N4C(c5cccnc5N)=NC5CC=C(c6ccccc6)N=C54)cc3)CC2)C1. The van der Waals surface area contributed by atoms with E-state index in [-0.39, 0.29) is 6.04 Å². The number of hydrogen-bond donors (Lipinski definition) is 1. The lowest BCUT2D eigenvalue weighted by molar-refractivity contribution is 0.108. The summed E-state index contributed by atoms with van der Waals surface area (Å²) in [5, 5.41) is 9.29. The first kappa shape index (κ1) is 25.5. The van der Waals surface area contributed by atoms with Crippen LogP contribution in [0.15, 0.2) is 89.0 Å². The van der Waals surface area contributed by atoms with Crippen LogP contribution in [0.4, 0.5) is 11.5 Å². The molecule has 8 nitrogen and oxygen atoms in total. The number of benzene rings is 2. The van der Waals surface area contributed by atoms with Crippen molar-refractivity contribution in [2.75, 3.05) is 36.8 Å². The molecule has 7 rings (SSSR count). The third kappa shape index (κ3) is 4.87. The second-order valence-electron chi connectivity index (χ2n) is 11.6. The van der Waals surface area contributed by atoms with E-state index in [1.807, 2.05) is 35.2 Å². The highest BCUT2D eigenvalue weighted by Crippen LogP contribution is 2.40. The number of nitrogens with zero attached hydrogens (tertiary/aromatic N) is 7. The summed E-state index contributed by atoms with van der Waals surface area (Å²) in [6.45, 7) is 4.94. The van der Waals surface area contributed by atoms with Crippen molar-refractivity contribution < 1.29 is 0 Å². The molecule has 2 N–H and O–H groups in total. The van der Waals surface area contributed by atoms with Gasteiger partial charge in [0.1, 0.15) is 23.5 Å². The maximum Gasteiger partial charge on any atom is 0.179 e. The highest BCUT2D eigenvalue weighted by molar-refractivity contribution is 6.31. The minimum Gasteiger partial charge on any atom is -0.383 e. The van der Waals surface area contributed by atoms with E-state index in [0.29, 0.717) is 11.2 Å². The van der Waals surface area contributed by atoms with Gasteiger partial charge < -0.3 is 10.6 Å². The number of fused-ring (bicyclic) bond motifs is 1. The normalized spacial score (nSPS) is 21.7. The van der Waals surface area contributed by atoms with Crippen LogP contribution >= 0.6 is 0 Å². The lowest BCUT2D eigenvalue weighted by Crippen LogP contribution is -2.40. The van der Waals surface area contributed by atoms with Gasteiger partial charge in [0, 0.05) is 31.5 Å². The molecule has 4 aliphatic rings. The summed E-state index contributed by atoms with van der Waals surface area (Å²) >= 11 is 0. The van der Waals surface area contributed by atoms with Crippen molar-refractivity contribution >= 4 is 28.9 Å². The fraction of sp³-hybridized carbons (Fsp3) is 0.333. The molecular weight excluding hydrogens is 508 g/mol. The van der Waals surface area contributed by atoms with E-state index in [9.17, 15) is 5.26 Å². The van der Waals surface area contributed by atoms with E-state index in [1.54, 1.807) is 6.20 Å². The second kappa shape index (κ2) is 10.5. The Bertz CT molecular complexity index is 1560. The highest BCUT2D eigenvalue weighted by Gasteiger charge is 2.40. The minimum atomic E-state index is -0.0649. The van der Waals surface area contributed by atoms with Gasteiger partial charge >= 0.3 is 0 Å². The predicted octanol–water partition coefficient (Wildman–Crippen LogP) is 4.91. The molecule has 2 saturated heterocycles. The number of likely N-dealkylation sites (tertiary alicyclic amines) is 2. The number of aromatic nitrogens is 1. The topological polar surface area (TPSA) is 97.1 Å². The Morgan fingerprint density at radius 3 is 2.46 bits per heavy atom. The minimum absolute atomic E-state index is 0.0649. The number of nitriles is 1. The quantitative estimate of drug-likeness (QED) is 0.460. The molecule has 3 aromatic rings. The summed E-state index contributed by atoms with van der Waals surface area (Å²) in [5.41, 5.74) is 11.9. The van der Waals surface area contributed by atoms with Gasteiger partial charge in [-0.1, -0.05) is 48.5 Å². The van der Waals surface area contributed by atoms with Gasteiger partial charge in [-0.3, -0.25) is 14.8 Å². The van der Waals surface area contributed by atoms with Crippen molar-refractivity contribution in [2.45, 2.75) is 38.3 Å². The van der Waals surface area contributed by atoms with E-state index in [2.05, 4.69) is 63.5 Å². The van der Waals surface area contributed by atoms with Crippen LogP contribution in [-0.2, 0) is 6.54 Å². The Labute approximate surface area is 241 Å². The maximum atomic E-state index is 9.29. The third-order valence-corrected chi connectivity index (χ3v) is 9.03. The highest BCUT2D eigenvalue weighted by atomic mass is 15.3. The second-order valence-corrected chi connectivity index (χ2v) is 11.6. The standard InChI is InChI=1S/C33H34N8/c34-23-40-20-16-33(22-40)14-18-39(19-15-33)21-24-8-10-26(11-9-24)41-31(27-7-4-17-36-30(27)35)38-29-13-12-28(37-32(29)41)25-5-2-1-3-6-25/h1-12,17,29H,13-16,18-22H2,(H2,35,36). The number of aliphatic imine (C=N–C) groups is 2. The molecular formula is C33H34N8. The summed E-state index contributed by atoms with van der Waals surface area (Å²) < 4.78 is 0. The lowest BCUT2D eigenvalue weighted by Gasteiger charge is -2.39. The zero-order valence-corrected chi connectivity index (χ0v) is 23.2. The number of nitrogen functional groups attached to an aromatic ring is 1. The van der Waals surface area contributed by atoms with Crippen LogP contribution in [0.3, 0.4) is 0 Å². The smallest absolute Gasteiger partial charge is 0.179 e. The number of rotatable bonds is 5. The van der Waals surface area contributed by atoms with Crippen LogP contribution < -0.4 is 10.6 Å². The molecule has 2 fully saturated rings. The van der Waals surface area contributed by atoms with Crippen molar-refractivity contribution in [2.24, 2.45) is 15.4 Å². The van der Waals surface area contributed by atoms with E-state index < -0.39 is 0 Å². The van der Waals surface area contributed by atoms with Crippen LogP contribution in [0.1, 0.15) is 42.4 Å².